The van der Waals surface area contributed by atoms with Gasteiger partial charge in [-0.1, -0.05) is 84.3 Å². The average molecular weight is 389 g/mol. The fourth-order valence-electron chi connectivity index (χ4n) is 3.43. The van der Waals surface area contributed by atoms with Crippen LogP contribution < -0.4 is 0 Å². The SMILES string of the molecule is CC(Cc1cc(C(C)(C)C)c(O)c(C(C)(C)C)c1)C(O)c1ccc(Cl)cc1. The monoisotopic (exact) mass is 388 g/mol. The van der Waals surface area contributed by atoms with E-state index in [0.717, 1.165) is 28.7 Å². The Morgan fingerprint density at radius 3 is 1.74 bits per heavy atom. The number of hydrogen-bond acceptors (Lipinski definition) is 2. The van der Waals surface area contributed by atoms with Gasteiger partial charge in [-0.15, -0.1) is 0 Å². The molecule has 3 heteroatoms. The number of aromatic hydroxyl groups is 1. The first-order valence-electron chi connectivity index (χ1n) is 9.61. The predicted molar refractivity (Wildman–Crippen MR) is 115 cm³/mol. The normalized spacial score (nSPS) is 14.9. The molecular weight excluding hydrogens is 356 g/mol. The summed E-state index contributed by atoms with van der Waals surface area (Å²) in [5.41, 5.74) is 3.62. The first-order valence-corrected chi connectivity index (χ1v) is 9.99. The van der Waals surface area contributed by atoms with Gasteiger partial charge in [-0.05, 0) is 57.6 Å². The van der Waals surface area contributed by atoms with Crippen LogP contribution in [0.25, 0.3) is 0 Å². The number of phenolic OH excluding ortho intramolecular Hbond substituents is 1. The third-order valence-electron chi connectivity index (χ3n) is 5.09. The van der Waals surface area contributed by atoms with Crippen molar-refractivity contribution in [2.24, 2.45) is 5.92 Å². The Balaban J connectivity index is 2.38. The molecular formula is C24H33ClO2. The zero-order valence-corrected chi connectivity index (χ0v) is 18.4. The standard InChI is InChI=1S/C24H33ClO2/c1-15(21(26)17-8-10-18(25)11-9-17)12-16-13-19(23(2,3)4)22(27)20(14-16)24(5,6)7/h8-11,13-15,21,26-27H,12H2,1-7H3. The van der Waals surface area contributed by atoms with Crippen LogP contribution in [0.3, 0.4) is 0 Å². The predicted octanol–water partition coefficient (Wildman–Crippen LogP) is 6.55. The minimum Gasteiger partial charge on any atom is -0.507 e. The number of aliphatic hydroxyl groups is 1. The Morgan fingerprint density at radius 1 is 0.889 bits per heavy atom. The van der Waals surface area contributed by atoms with Crippen LogP contribution in [0, 0.1) is 5.92 Å². The molecule has 2 unspecified atom stereocenters. The fraction of sp³-hybridized carbons (Fsp3) is 0.500. The molecule has 2 aromatic rings. The Bertz CT molecular complexity index is 745. The first-order chi connectivity index (χ1) is 12.3. The van der Waals surface area contributed by atoms with Crippen LogP contribution in [-0.2, 0) is 17.3 Å². The highest BCUT2D eigenvalue weighted by Crippen LogP contribution is 2.40. The molecule has 27 heavy (non-hydrogen) atoms. The van der Waals surface area contributed by atoms with Gasteiger partial charge in [-0.3, -0.25) is 0 Å². The van der Waals surface area contributed by atoms with Crippen LogP contribution in [-0.4, -0.2) is 10.2 Å². The summed E-state index contributed by atoms with van der Waals surface area (Å²) < 4.78 is 0. The van der Waals surface area contributed by atoms with Crippen molar-refractivity contribution in [3.05, 3.63) is 63.7 Å². The maximum Gasteiger partial charge on any atom is 0.123 e. The minimum atomic E-state index is -0.563. The lowest BCUT2D eigenvalue weighted by atomic mass is 9.77. The number of aliphatic hydroxyl groups excluding tert-OH is 1. The van der Waals surface area contributed by atoms with E-state index in [2.05, 4.69) is 60.6 Å². The van der Waals surface area contributed by atoms with Gasteiger partial charge in [0.2, 0.25) is 0 Å². The van der Waals surface area contributed by atoms with Crippen LogP contribution in [0.5, 0.6) is 5.75 Å². The highest BCUT2D eigenvalue weighted by molar-refractivity contribution is 6.30. The van der Waals surface area contributed by atoms with Gasteiger partial charge in [0.25, 0.3) is 0 Å². The summed E-state index contributed by atoms with van der Waals surface area (Å²) >= 11 is 5.96. The van der Waals surface area contributed by atoms with E-state index in [0.29, 0.717) is 10.8 Å². The third kappa shape index (κ3) is 5.27. The van der Waals surface area contributed by atoms with Gasteiger partial charge in [0, 0.05) is 5.02 Å². The van der Waals surface area contributed by atoms with Crippen molar-refractivity contribution in [1.29, 1.82) is 0 Å². The summed E-state index contributed by atoms with van der Waals surface area (Å²) in [4.78, 5) is 0. The minimum absolute atomic E-state index is 0.0383. The third-order valence-corrected chi connectivity index (χ3v) is 5.35. The van der Waals surface area contributed by atoms with E-state index in [1.54, 1.807) is 0 Å². The molecule has 0 aromatic heterocycles. The number of benzene rings is 2. The Morgan fingerprint density at radius 2 is 1.33 bits per heavy atom. The molecule has 0 aliphatic heterocycles. The summed E-state index contributed by atoms with van der Waals surface area (Å²) in [6, 6.07) is 11.6. The van der Waals surface area contributed by atoms with E-state index in [1.165, 1.54) is 0 Å². The lowest BCUT2D eigenvalue weighted by Gasteiger charge is -2.29. The van der Waals surface area contributed by atoms with Crippen LogP contribution >= 0.6 is 11.6 Å². The quantitative estimate of drug-likeness (QED) is 0.623. The fourth-order valence-corrected chi connectivity index (χ4v) is 3.55. The summed E-state index contributed by atoms with van der Waals surface area (Å²) in [6.07, 6.45) is 0.170. The van der Waals surface area contributed by atoms with Crippen molar-refractivity contribution in [3.63, 3.8) is 0 Å². The van der Waals surface area contributed by atoms with E-state index in [1.807, 2.05) is 24.3 Å². The molecule has 0 fully saturated rings. The number of halogens is 1. The highest BCUT2D eigenvalue weighted by Gasteiger charge is 2.27. The van der Waals surface area contributed by atoms with Crippen molar-refractivity contribution < 1.29 is 10.2 Å². The molecule has 0 amide bonds. The average Bonchev–Trinajstić information content (AvgIpc) is 2.54. The maximum atomic E-state index is 10.9. The summed E-state index contributed by atoms with van der Waals surface area (Å²) in [6.45, 7) is 14.7. The van der Waals surface area contributed by atoms with Crippen LogP contribution in [0.15, 0.2) is 36.4 Å². The van der Waals surface area contributed by atoms with Crippen molar-refractivity contribution >= 4 is 11.6 Å². The molecule has 2 aromatic carbocycles. The molecule has 0 bridgehead atoms. The van der Waals surface area contributed by atoms with Gasteiger partial charge in [-0.25, -0.2) is 0 Å². The zero-order valence-electron chi connectivity index (χ0n) is 17.6. The van der Waals surface area contributed by atoms with Gasteiger partial charge >= 0.3 is 0 Å². The maximum absolute atomic E-state index is 10.9. The Hall–Kier alpha value is -1.51. The number of phenols is 1. The van der Waals surface area contributed by atoms with E-state index in [4.69, 9.17) is 11.6 Å². The second-order valence-electron chi connectivity index (χ2n) is 9.72. The second-order valence-corrected chi connectivity index (χ2v) is 10.2. The van der Waals surface area contributed by atoms with Gasteiger partial charge in [-0.2, -0.15) is 0 Å². The summed E-state index contributed by atoms with van der Waals surface area (Å²) in [5.74, 6) is 0.431. The largest absolute Gasteiger partial charge is 0.507 e. The van der Waals surface area contributed by atoms with E-state index >= 15 is 0 Å². The van der Waals surface area contributed by atoms with Crippen molar-refractivity contribution in [1.82, 2.24) is 0 Å². The molecule has 0 saturated heterocycles. The van der Waals surface area contributed by atoms with Gasteiger partial charge in [0.1, 0.15) is 5.75 Å². The first kappa shape index (κ1) is 21.8. The van der Waals surface area contributed by atoms with Crippen molar-refractivity contribution in [3.8, 4) is 5.75 Å². The Labute approximate surface area is 169 Å². The number of rotatable bonds is 4. The molecule has 2 atom stereocenters. The molecule has 0 spiro atoms. The van der Waals surface area contributed by atoms with Crippen LogP contribution in [0.1, 0.15) is 76.8 Å². The molecule has 0 aliphatic rings. The van der Waals surface area contributed by atoms with Crippen LogP contribution in [0.2, 0.25) is 5.02 Å². The van der Waals surface area contributed by atoms with E-state index in [-0.39, 0.29) is 16.7 Å². The highest BCUT2D eigenvalue weighted by atomic mass is 35.5. The lowest BCUT2D eigenvalue weighted by Crippen LogP contribution is -2.19. The topological polar surface area (TPSA) is 40.5 Å². The molecule has 0 aliphatic carbocycles. The molecule has 2 N–H and O–H groups in total. The van der Waals surface area contributed by atoms with Gasteiger partial charge in [0.15, 0.2) is 0 Å². The molecule has 148 valence electrons. The Kier molecular flexibility index (Phi) is 6.33. The van der Waals surface area contributed by atoms with Crippen molar-refractivity contribution in [2.75, 3.05) is 0 Å². The summed E-state index contributed by atoms with van der Waals surface area (Å²) in [7, 11) is 0. The van der Waals surface area contributed by atoms with Crippen LogP contribution in [0.4, 0.5) is 0 Å². The summed E-state index contributed by atoms with van der Waals surface area (Å²) in [5, 5.41) is 22.3. The molecule has 2 rings (SSSR count). The molecule has 0 heterocycles. The second kappa shape index (κ2) is 7.85. The number of hydrogen-bond donors (Lipinski definition) is 2. The van der Waals surface area contributed by atoms with E-state index < -0.39 is 6.10 Å². The van der Waals surface area contributed by atoms with E-state index in [9.17, 15) is 10.2 Å². The van der Waals surface area contributed by atoms with Gasteiger partial charge < -0.3 is 10.2 Å². The molecule has 2 nitrogen and oxygen atoms in total. The molecule has 0 saturated carbocycles. The van der Waals surface area contributed by atoms with Gasteiger partial charge in [0.05, 0.1) is 6.10 Å². The van der Waals surface area contributed by atoms with Crippen molar-refractivity contribution in [2.45, 2.75) is 71.8 Å². The zero-order chi connectivity index (χ0) is 20.6. The lowest BCUT2D eigenvalue weighted by molar-refractivity contribution is 0.117. The molecule has 0 radical (unpaired) electrons. The smallest absolute Gasteiger partial charge is 0.123 e.